The summed E-state index contributed by atoms with van der Waals surface area (Å²) in [6, 6.07) is 6.60. The van der Waals surface area contributed by atoms with E-state index in [4.69, 9.17) is 16.3 Å². The molecule has 1 aromatic carbocycles. The van der Waals surface area contributed by atoms with E-state index in [1.165, 1.54) is 7.11 Å². The summed E-state index contributed by atoms with van der Waals surface area (Å²) in [5.74, 6) is 0.598. The lowest BCUT2D eigenvalue weighted by Crippen LogP contribution is -2.46. The maximum absolute atomic E-state index is 12.7. The molecule has 1 fully saturated rings. The summed E-state index contributed by atoms with van der Waals surface area (Å²) in [4.78, 5) is 36.1. The first-order chi connectivity index (χ1) is 13.0. The average molecular weight is 390 g/mol. The Morgan fingerprint density at radius 3 is 2.63 bits per heavy atom. The lowest BCUT2D eigenvalue weighted by molar-refractivity contribution is -0.118. The van der Waals surface area contributed by atoms with Crippen molar-refractivity contribution >= 4 is 35.6 Å². The number of hydrogen-bond donors (Lipinski definition) is 1. The molecule has 2 amide bonds. The highest BCUT2D eigenvalue weighted by atomic mass is 35.5. The minimum atomic E-state index is -0.381. The molecule has 8 nitrogen and oxygen atoms in total. The first-order valence-electron chi connectivity index (χ1n) is 8.45. The van der Waals surface area contributed by atoms with Gasteiger partial charge >= 0.3 is 0 Å². The van der Waals surface area contributed by atoms with Gasteiger partial charge in [0.25, 0.3) is 5.91 Å². The van der Waals surface area contributed by atoms with Crippen LogP contribution < -0.4 is 15.0 Å². The summed E-state index contributed by atoms with van der Waals surface area (Å²) in [6.07, 6.45) is 0.839. The van der Waals surface area contributed by atoms with Gasteiger partial charge in [-0.25, -0.2) is 9.97 Å². The second kappa shape index (κ2) is 8.22. The standard InChI is InChI=1S/C18H20ClN5O3/c1-12-9-15(17(26)21-14-10-13(19)3-4-16(14)27-2)22-18(20-12)24-7-5-23(11-25)6-8-24/h3-4,9-11H,5-8H2,1-2H3,(H,21,26). The van der Waals surface area contributed by atoms with Gasteiger partial charge in [-0.3, -0.25) is 9.59 Å². The highest BCUT2D eigenvalue weighted by Gasteiger charge is 2.20. The molecule has 3 rings (SSSR count). The molecule has 0 aliphatic carbocycles. The first kappa shape index (κ1) is 18.9. The van der Waals surface area contributed by atoms with Gasteiger partial charge in [0, 0.05) is 36.9 Å². The van der Waals surface area contributed by atoms with Crippen LogP contribution >= 0.6 is 11.6 Å². The molecule has 0 saturated carbocycles. The fourth-order valence-electron chi connectivity index (χ4n) is 2.80. The van der Waals surface area contributed by atoms with Crippen LogP contribution in [0, 0.1) is 6.92 Å². The van der Waals surface area contributed by atoms with Crippen molar-refractivity contribution in [1.82, 2.24) is 14.9 Å². The number of aromatic nitrogens is 2. The van der Waals surface area contributed by atoms with Gasteiger partial charge in [-0.2, -0.15) is 0 Å². The van der Waals surface area contributed by atoms with E-state index in [1.807, 2.05) is 11.8 Å². The summed E-state index contributed by atoms with van der Waals surface area (Å²) in [6.45, 7) is 4.24. The largest absolute Gasteiger partial charge is 0.495 e. The Hall–Kier alpha value is -2.87. The number of ether oxygens (including phenoxy) is 1. The highest BCUT2D eigenvalue weighted by Crippen LogP contribution is 2.28. The summed E-state index contributed by atoms with van der Waals surface area (Å²) in [7, 11) is 1.52. The molecule has 1 aliphatic heterocycles. The molecule has 1 aliphatic rings. The minimum Gasteiger partial charge on any atom is -0.495 e. The lowest BCUT2D eigenvalue weighted by atomic mass is 10.2. The van der Waals surface area contributed by atoms with Gasteiger partial charge in [0.1, 0.15) is 11.4 Å². The van der Waals surface area contributed by atoms with E-state index in [-0.39, 0.29) is 11.6 Å². The van der Waals surface area contributed by atoms with Crippen LogP contribution in [0.1, 0.15) is 16.2 Å². The van der Waals surface area contributed by atoms with Gasteiger partial charge < -0.3 is 19.9 Å². The van der Waals surface area contributed by atoms with Crippen molar-refractivity contribution in [2.75, 3.05) is 43.5 Å². The predicted molar refractivity (Wildman–Crippen MR) is 103 cm³/mol. The number of amides is 2. The predicted octanol–water partition coefficient (Wildman–Crippen LogP) is 1.98. The van der Waals surface area contributed by atoms with Crippen LogP contribution in [0.25, 0.3) is 0 Å². The zero-order valence-electron chi connectivity index (χ0n) is 15.1. The number of hydrogen-bond acceptors (Lipinski definition) is 6. The Morgan fingerprint density at radius 1 is 1.22 bits per heavy atom. The van der Waals surface area contributed by atoms with E-state index in [0.29, 0.717) is 54.3 Å². The minimum absolute atomic E-state index is 0.248. The highest BCUT2D eigenvalue weighted by molar-refractivity contribution is 6.31. The lowest BCUT2D eigenvalue weighted by Gasteiger charge is -2.32. The number of nitrogens with zero attached hydrogens (tertiary/aromatic N) is 4. The van der Waals surface area contributed by atoms with Crippen molar-refractivity contribution < 1.29 is 14.3 Å². The first-order valence-corrected chi connectivity index (χ1v) is 8.83. The second-order valence-electron chi connectivity index (χ2n) is 6.12. The SMILES string of the molecule is COc1ccc(Cl)cc1NC(=O)c1cc(C)nc(N2CCN(C=O)CC2)n1. The van der Waals surface area contributed by atoms with Crippen LogP contribution in [-0.4, -0.2) is 60.5 Å². The van der Waals surface area contributed by atoms with Gasteiger partial charge in [-0.1, -0.05) is 11.6 Å². The molecule has 142 valence electrons. The third-order valence-electron chi connectivity index (χ3n) is 4.23. The number of piperazine rings is 1. The second-order valence-corrected chi connectivity index (χ2v) is 6.56. The number of halogens is 1. The molecule has 27 heavy (non-hydrogen) atoms. The number of anilines is 2. The number of benzene rings is 1. The van der Waals surface area contributed by atoms with E-state index in [0.717, 1.165) is 6.41 Å². The van der Waals surface area contributed by atoms with Crippen molar-refractivity contribution in [3.8, 4) is 5.75 Å². The van der Waals surface area contributed by atoms with Gasteiger partial charge in [0.05, 0.1) is 12.8 Å². The maximum atomic E-state index is 12.7. The molecule has 0 spiro atoms. The third kappa shape index (κ3) is 4.46. The fourth-order valence-corrected chi connectivity index (χ4v) is 2.97. The summed E-state index contributed by atoms with van der Waals surface area (Å²) in [5.41, 5.74) is 1.39. The van der Waals surface area contributed by atoms with E-state index < -0.39 is 0 Å². The zero-order valence-corrected chi connectivity index (χ0v) is 15.9. The molecule has 9 heteroatoms. The Labute approximate surface area is 162 Å². The molecule has 0 bridgehead atoms. The van der Waals surface area contributed by atoms with E-state index in [2.05, 4.69) is 15.3 Å². The average Bonchev–Trinajstić information content (AvgIpc) is 2.67. The molecule has 2 aromatic rings. The van der Waals surface area contributed by atoms with Crippen molar-refractivity contribution in [1.29, 1.82) is 0 Å². The molecule has 1 aromatic heterocycles. The molecular weight excluding hydrogens is 370 g/mol. The molecule has 0 atom stereocenters. The van der Waals surface area contributed by atoms with Crippen LogP contribution in [0.3, 0.4) is 0 Å². The van der Waals surface area contributed by atoms with Gasteiger partial charge in [-0.05, 0) is 31.2 Å². The Balaban J connectivity index is 1.81. The monoisotopic (exact) mass is 389 g/mol. The van der Waals surface area contributed by atoms with Crippen LogP contribution in [0.15, 0.2) is 24.3 Å². The normalized spacial score (nSPS) is 14.0. The molecule has 1 N–H and O–H groups in total. The number of rotatable bonds is 5. The van der Waals surface area contributed by atoms with Crippen LogP contribution in [0.4, 0.5) is 11.6 Å². The molecule has 2 heterocycles. The van der Waals surface area contributed by atoms with Gasteiger partial charge in [0.15, 0.2) is 0 Å². The van der Waals surface area contributed by atoms with Crippen LogP contribution in [0.5, 0.6) is 5.75 Å². The molecule has 0 radical (unpaired) electrons. The Kier molecular flexibility index (Phi) is 5.75. The number of carbonyl (C=O) groups is 2. The summed E-state index contributed by atoms with van der Waals surface area (Å²) < 4.78 is 5.25. The Bertz CT molecular complexity index is 853. The number of carbonyl (C=O) groups excluding carboxylic acids is 2. The van der Waals surface area contributed by atoms with E-state index >= 15 is 0 Å². The van der Waals surface area contributed by atoms with E-state index in [1.54, 1.807) is 29.2 Å². The quantitative estimate of drug-likeness (QED) is 0.787. The number of nitrogens with one attached hydrogen (secondary N) is 1. The molecular formula is C18H20ClN5O3. The third-order valence-corrected chi connectivity index (χ3v) is 4.47. The smallest absolute Gasteiger partial charge is 0.274 e. The number of methoxy groups -OCH3 is 1. The fraction of sp³-hybridized carbons (Fsp3) is 0.333. The van der Waals surface area contributed by atoms with Gasteiger partial charge in [-0.15, -0.1) is 0 Å². The summed E-state index contributed by atoms with van der Waals surface area (Å²) in [5, 5.41) is 3.27. The molecule has 1 saturated heterocycles. The van der Waals surface area contributed by atoms with Crippen molar-refractivity contribution in [2.24, 2.45) is 0 Å². The van der Waals surface area contributed by atoms with E-state index in [9.17, 15) is 9.59 Å². The zero-order chi connectivity index (χ0) is 19.4. The maximum Gasteiger partial charge on any atom is 0.274 e. The number of aryl methyl sites for hydroxylation is 1. The topological polar surface area (TPSA) is 87.7 Å². The van der Waals surface area contributed by atoms with Crippen molar-refractivity contribution in [2.45, 2.75) is 6.92 Å². The van der Waals surface area contributed by atoms with Crippen LogP contribution in [-0.2, 0) is 4.79 Å². The van der Waals surface area contributed by atoms with Crippen molar-refractivity contribution in [3.63, 3.8) is 0 Å². The van der Waals surface area contributed by atoms with Gasteiger partial charge in [0.2, 0.25) is 12.4 Å². The summed E-state index contributed by atoms with van der Waals surface area (Å²) >= 11 is 6.01. The van der Waals surface area contributed by atoms with Crippen molar-refractivity contribution in [3.05, 3.63) is 40.7 Å². The van der Waals surface area contributed by atoms with Crippen LogP contribution in [0.2, 0.25) is 5.02 Å². The molecule has 0 unspecified atom stereocenters. The Morgan fingerprint density at radius 2 is 1.96 bits per heavy atom.